The molecule has 2 heterocycles. The predicted molar refractivity (Wildman–Crippen MR) is 127 cm³/mol. The third-order valence-corrected chi connectivity index (χ3v) is 7.52. The van der Waals surface area contributed by atoms with Crippen LogP contribution in [0.15, 0.2) is 24.3 Å². The van der Waals surface area contributed by atoms with Crippen LogP contribution in [0.25, 0.3) is 10.9 Å². The molecule has 3 atom stereocenters. The summed E-state index contributed by atoms with van der Waals surface area (Å²) >= 11 is 6.50. The molecule has 2 fully saturated rings. The molecule has 36 heavy (non-hydrogen) atoms. The molecule has 12 heteroatoms. The largest absolute Gasteiger partial charge is 0.490 e. The predicted octanol–water partition coefficient (Wildman–Crippen LogP) is 4.90. The number of primary amides is 1. The van der Waals surface area contributed by atoms with E-state index in [0.717, 1.165) is 23.7 Å². The normalized spacial score (nSPS) is 23.3. The molecule has 0 bridgehead atoms. The number of amides is 1. The van der Waals surface area contributed by atoms with Gasteiger partial charge in [0, 0.05) is 5.39 Å². The van der Waals surface area contributed by atoms with Gasteiger partial charge in [-0.25, -0.2) is 9.59 Å². The van der Waals surface area contributed by atoms with E-state index in [1.165, 1.54) is 19.3 Å². The highest BCUT2D eigenvalue weighted by atomic mass is 35.5. The SMILES string of the molecule is CCN1C(n2c(C(=O)O)c(Cl)c3ccccc32)C[C@@H](C2CCCCC2)[C@H]1C(N)=O.O=C(O)C(F)(F)F. The molecular weight excluding hydrogens is 503 g/mol. The molecule has 0 radical (unpaired) electrons. The first-order chi connectivity index (χ1) is 16.9. The number of nitrogens with two attached hydrogens (primary N) is 1. The van der Waals surface area contributed by atoms with E-state index in [-0.39, 0.29) is 34.7 Å². The summed E-state index contributed by atoms with van der Waals surface area (Å²) in [4.78, 5) is 35.6. The lowest BCUT2D eigenvalue weighted by Crippen LogP contribution is -2.46. The third kappa shape index (κ3) is 5.46. The van der Waals surface area contributed by atoms with Gasteiger partial charge >= 0.3 is 18.1 Å². The number of alkyl halides is 3. The Labute approximate surface area is 210 Å². The first-order valence-corrected chi connectivity index (χ1v) is 12.1. The highest BCUT2D eigenvalue weighted by Gasteiger charge is 2.48. The standard InChI is InChI=1S/C22H28ClN3O3.C2HF3O2/c1-2-25-17(12-15(19(25)21(24)27)13-8-4-3-5-9-13)26-16-11-7-6-10-14(16)18(23)20(26)22(28)29;3-2(4,5)1(6)7/h6-7,10-11,13,15,17,19H,2-5,8-9,12H2,1H3,(H2,24,27)(H,28,29);(H,6,7)/t15-,17?,19-;/m0./s1. The maximum atomic E-state index is 12.5. The summed E-state index contributed by atoms with van der Waals surface area (Å²) in [5.74, 6) is -3.54. The van der Waals surface area contributed by atoms with Gasteiger partial charge in [-0.2, -0.15) is 13.2 Å². The number of aromatic nitrogens is 1. The zero-order valence-electron chi connectivity index (χ0n) is 19.7. The maximum Gasteiger partial charge on any atom is 0.490 e. The van der Waals surface area contributed by atoms with Crippen molar-refractivity contribution in [1.29, 1.82) is 0 Å². The summed E-state index contributed by atoms with van der Waals surface area (Å²) in [6.07, 6.45) is 1.20. The number of carboxylic acids is 2. The van der Waals surface area contributed by atoms with Crippen LogP contribution < -0.4 is 5.73 Å². The molecule has 8 nitrogen and oxygen atoms in total. The first kappa shape index (κ1) is 27.8. The molecule has 1 aromatic heterocycles. The molecule has 0 spiro atoms. The van der Waals surface area contributed by atoms with Crippen molar-refractivity contribution >= 4 is 40.3 Å². The topological polar surface area (TPSA) is 126 Å². The molecule has 1 saturated heterocycles. The zero-order valence-corrected chi connectivity index (χ0v) is 20.4. The second-order valence-corrected chi connectivity index (χ2v) is 9.49. The second kappa shape index (κ2) is 11.1. The number of aromatic carboxylic acids is 1. The molecule has 1 aliphatic carbocycles. The van der Waals surface area contributed by atoms with Crippen LogP contribution in [0.1, 0.15) is 62.1 Å². The molecule has 4 rings (SSSR count). The van der Waals surface area contributed by atoms with Gasteiger partial charge in [0.25, 0.3) is 0 Å². The Morgan fingerprint density at radius 1 is 1.11 bits per heavy atom. The highest BCUT2D eigenvalue weighted by Crippen LogP contribution is 2.47. The van der Waals surface area contributed by atoms with E-state index in [0.29, 0.717) is 18.9 Å². The van der Waals surface area contributed by atoms with Crippen molar-refractivity contribution in [3.63, 3.8) is 0 Å². The Balaban J connectivity index is 0.000000454. The Bertz CT molecular complexity index is 1130. The van der Waals surface area contributed by atoms with Gasteiger partial charge < -0.3 is 20.5 Å². The van der Waals surface area contributed by atoms with Gasteiger partial charge in [0.2, 0.25) is 5.91 Å². The third-order valence-electron chi connectivity index (χ3n) is 7.13. The fourth-order valence-electron chi connectivity index (χ4n) is 5.72. The first-order valence-electron chi connectivity index (χ1n) is 11.8. The Morgan fingerprint density at radius 2 is 1.69 bits per heavy atom. The van der Waals surface area contributed by atoms with Crippen LogP contribution in [-0.4, -0.2) is 56.3 Å². The molecular formula is C24H29ClF3N3O5. The Morgan fingerprint density at radius 3 is 2.19 bits per heavy atom. The lowest BCUT2D eigenvalue weighted by Gasteiger charge is -2.33. The van der Waals surface area contributed by atoms with Crippen molar-refractivity contribution < 1.29 is 37.8 Å². The molecule has 1 aliphatic heterocycles. The lowest BCUT2D eigenvalue weighted by atomic mass is 9.76. The number of nitrogens with zero attached hydrogens (tertiary/aromatic N) is 2. The number of para-hydroxylation sites is 1. The molecule has 198 valence electrons. The van der Waals surface area contributed by atoms with Gasteiger partial charge in [-0.15, -0.1) is 0 Å². The van der Waals surface area contributed by atoms with Crippen molar-refractivity contribution in [3.8, 4) is 0 Å². The average molecular weight is 532 g/mol. The molecule has 1 unspecified atom stereocenters. The number of likely N-dealkylation sites (N-methyl/N-ethyl adjacent to an activating group) is 1. The number of benzene rings is 1. The van der Waals surface area contributed by atoms with Gasteiger partial charge in [-0.1, -0.05) is 68.8 Å². The highest BCUT2D eigenvalue weighted by molar-refractivity contribution is 6.38. The van der Waals surface area contributed by atoms with Crippen LogP contribution in [-0.2, 0) is 9.59 Å². The zero-order chi connectivity index (χ0) is 26.8. The second-order valence-electron chi connectivity index (χ2n) is 9.11. The number of likely N-dealkylation sites (tertiary alicyclic amines) is 1. The van der Waals surface area contributed by atoms with Gasteiger partial charge in [0.15, 0.2) is 0 Å². The van der Waals surface area contributed by atoms with Crippen LogP contribution in [0, 0.1) is 11.8 Å². The summed E-state index contributed by atoms with van der Waals surface area (Å²) in [5, 5.41) is 18.0. The smallest absolute Gasteiger partial charge is 0.477 e. The summed E-state index contributed by atoms with van der Waals surface area (Å²) in [6.45, 7) is 2.62. The summed E-state index contributed by atoms with van der Waals surface area (Å²) in [5.41, 5.74) is 6.75. The van der Waals surface area contributed by atoms with Crippen molar-refractivity contribution in [1.82, 2.24) is 9.47 Å². The molecule has 1 amide bonds. The minimum atomic E-state index is -5.08. The van der Waals surface area contributed by atoms with Gasteiger partial charge in [0.1, 0.15) is 5.69 Å². The average Bonchev–Trinajstić information content (AvgIpc) is 3.35. The number of fused-ring (bicyclic) bond motifs is 1. The number of carbonyl (C=O) groups is 3. The van der Waals surface area contributed by atoms with E-state index in [2.05, 4.69) is 4.90 Å². The quantitative estimate of drug-likeness (QED) is 0.504. The van der Waals surface area contributed by atoms with Crippen molar-refractivity contribution in [2.24, 2.45) is 17.6 Å². The minimum Gasteiger partial charge on any atom is -0.477 e. The van der Waals surface area contributed by atoms with Crippen LogP contribution in [0.5, 0.6) is 0 Å². The maximum absolute atomic E-state index is 12.5. The van der Waals surface area contributed by atoms with Gasteiger partial charge in [-0.3, -0.25) is 9.69 Å². The van der Waals surface area contributed by atoms with E-state index < -0.39 is 18.1 Å². The number of hydrogen-bond acceptors (Lipinski definition) is 4. The number of hydrogen-bond donors (Lipinski definition) is 3. The molecule has 4 N–H and O–H groups in total. The number of carbonyl (C=O) groups excluding carboxylic acids is 1. The van der Waals surface area contributed by atoms with Crippen LogP contribution >= 0.6 is 11.6 Å². The van der Waals surface area contributed by atoms with Crippen molar-refractivity contribution in [2.45, 2.75) is 63.8 Å². The number of rotatable bonds is 5. The summed E-state index contributed by atoms with van der Waals surface area (Å²) in [7, 11) is 0. The molecule has 2 aliphatic rings. The van der Waals surface area contributed by atoms with E-state index in [1.54, 1.807) is 0 Å². The summed E-state index contributed by atoms with van der Waals surface area (Å²) < 4.78 is 33.6. The Hall–Kier alpha value is -2.79. The molecule has 1 aromatic carbocycles. The van der Waals surface area contributed by atoms with E-state index in [1.807, 2.05) is 35.8 Å². The van der Waals surface area contributed by atoms with Crippen molar-refractivity contribution in [3.05, 3.63) is 35.0 Å². The number of carboxylic acid groups (broad SMARTS) is 2. The Kier molecular flexibility index (Phi) is 8.55. The van der Waals surface area contributed by atoms with E-state index in [9.17, 15) is 27.9 Å². The van der Waals surface area contributed by atoms with E-state index in [4.69, 9.17) is 27.2 Å². The number of halogens is 4. The van der Waals surface area contributed by atoms with Gasteiger partial charge in [-0.05, 0) is 30.9 Å². The van der Waals surface area contributed by atoms with Crippen LogP contribution in [0.2, 0.25) is 5.02 Å². The van der Waals surface area contributed by atoms with Gasteiger partial charge in [0.05, 0.1) is 22.7 Å². The minimum absolute atomic E-state index is 0.0869. The van der Waals surface area contributed by atoms with Crippen LogP contribution in [0.4, 0.5) is 13.2 Å². The molecule has 2 aromatic rings. The number of aliphatic carboxylic acids is 1. The fraction of sp³-hybridized carbons (Fsp3) is 0.542. The molecule has 1 saturated carbocycles. The summed E-state index contributed by atoms with van der Waals surface area (Å²) in [6, 6.07) is 7.10. The van der Waals surface area contributed by atoms with E-state index >= 15 is 0 Å². The lowest BCUT2D eigenvalue weighted by molar-refractivity contribution is -0.192. The van der Waals surface area contributed by atoms with Crippen molar-refractivity contribution in [2.75, 3.05) is 6.54 Å². The monoisotopic (exact) mass is 531 g/mol. The fourth-order valence-corrected chi connectivity index (χ4v) is 6.05. The van der Waals surface area contributed by atoms with Crippen LogP contribution in [0.3, 0.4) is 0 Å².